The Hall–Kier alpha value is -0.760. The number of terminal acetylenes is 1. The lowest BCUT2D eigenvalue weighted by atomic mass is 10.2. The van der Waals surface area contributed by atoms with E-state index in [-0.39, 0.29) is 6.61 Å². The van der Waals surface area contributed by atoms with Crippen LogP contribution in [0.3, 0.4) is 0 Å². The van der Waals surface area contributed by atoms with Crippen molar-refractivity contribution in [2.24, 2.45) is 0 Å². The maximum atomic E-state index is 5.47. The molecule has 0 aliphatic heterocycles. The smallest absolute Gasteiger partial charge is 0.148 e. The minimum absolute atomic E-state index is 0.278. The van der Waals surface area contributed by atoms with Crippen molar-refractivity contribution in [2.75, 3.05) is 13.2 Å². The van der Waals surface area contributed by atoms with Crippen LogP contribution in [-0.4, -0.2) is 13.2 Å². The Morgan fingerprint density at radius 1 is 1.53 bits per heavy atom. The van der Waals surface area contributed by atoms with Crippen LogP contribution in [0.25, 0.3) is 0 Å². The third kappa shape index (κ3) is 5.40. The van der Waals surface area contributed by atoms with Crippen LogP contribution in [0.4, 0.5) is 0 Å². The van der Waals surface area contributed by atoms with Crippen LogP contribution >= 0.6 is 31.9 Å². The predicted molar refractivity (Wildman–Crippen MR) is 78.2 cm³/mol. The minimum atomic E-state index is 0.278. The second-order valence-electron chi connectivity index (χ2n) is 3.37. The molecule has 0 heterocycles. The molecular weight excluding hydrogens is 346 g/mol. The first-order valence-corrected chi connectivity index (χ1v) is 6.60. The summed E-state index contributed by atoms with van der Waals surface area (Å²) in [7, 11) is 0. The first-order chi connectivity index (χ1) is 8.13. The normalized spacial score (nSPS) is 9.71. The van der Waals surface area contributed by atoms with Gasteiger partial charge in [-0.3, -0.25) is 0 Å². The number of benzene rings is 1. The van der Waals surface area contributed by atoms with E-state index in [0.717, 1.165) is 20.3 Å². The van der Waals surface area contributed by atoms with Gasteiger partial charge in [-0.25, -0.2) is 0 Å². The summed E-state index contributed by atoms with van der Waals surface area (Å²) >= 11 is 6.73. The highest BCUT2D eigenvalue weighted by atomic mass is 79.9. The fourth-order valence-electron chi connectivity index (χ4n) is 1.28. The van der Waals surface area contributed by atoms with E-state index in [9.17, 15) is 0 Å². The molecule has 4 heteroatoms. The fourth-order valence-corrected chi connectivity index (χ4v) is 1.89. The van der Waals surface area contributed by atoms with E-state index in [1.807, 2.05) is 18.2 Å². The van der Waals surface area contributed by atoms with Gasteiger partial charge in [-0.05, 0) is 18.2 Å². The van der Waals surface area contributed by atoms with Crippen molar-refractivity contribution in [1.29, 1.82) is 0 Å². The maximum Gasteiger partial charge on any atom is 0.148 e. The van der Waals surface area contributed by atoms with Crippen molar-refractivity contribution in [3.8, 4) is 18.1 Å². The Morgan fingerprint density at radius 2 is 2.29 bits per heavy atom. The van der Waals surface area contributed by atoms with E-state index in [4.69, 9.17) is 11.2 Å². The SMILES string of the molecule is C#CCOc1ccc(Br)cc1CNCC(=C)Br. The van der Waals surface area contributed by atoms with Gasteiger partial charge in [0.05, 0.1) is 0 Å². The first-order valence-electron chi connectivity index (χ1n) is 5.02. The van der Waals surface area contributed by atoms with Gasteiger partial charge in [0, 0.05) is 27.6 Å². The van der Waals surface area contributed by atoms with Crippen LogP contribution in [0, 0.1) is 12.3 Å². The number of rotatable bonds is 6. The van der Waals surface area contributed by atoms with Crippen molar-refractivity contribution in [3.63, 3.8) is 0 Å². The van der Waals surface area contributed by atoms with Crippen molar-refractivity contribution in [3.05, 3.63) is 39.3 Å². The van der Waals surface area contributed by atoms with Crippen molar-refractivity contribution in [2.45, 2.75) is 6.54 Å². The molecule has 0 aliphatic carbocycles. The van der Waals surface area contributed by atoms with Crippen molar-refractivity contribution < 1.29 is 4.74 Å². The number of nitrogens with one attached hydrogen (secondary N) is 1. The molecule has 1 N–H and O–H groups in total. The fraction of sp³-hybridized carbons (Fsp3) is 0.231. The molecule has 2 nitrogen and oxygen atoms in total. The molecule has 0 amide bonds. The zero-order chi connectivity index (χ0) is 12.7. The van der Waals surface area contributed by atoms with E-state index in [0.29, 0.717) is 13.1 Å². The average molecular weight is 359 g/mol. The van der Waals surface area contributed by atoms with Gasteiger partial charge in [0.15, 0.2) is 0 Å². The third-order valence-corrected chi connectivity index (χ3v) is 2.74. The van der Waals surface area contributed by atoms with E-state index < -0.39 is 0 Å². The molecule has 0 fully saturated rings. The van der Waals surface area contributed by atoms with Crippen LogP contribution < -0.4 is 10.1 Å². The molecule has 1 rings (SSSR count). The lowest BCUT2D eigenvalue weighted by molar-refractivity contribution is 0.365. The van der Waals surface area contributed by atoms with E-state index in [1.165, 1.54) is 0 Å². The predicted octanol–water partition coefficient (Wildman–Crippen LogP) is 3.46. The highest BCUT2D eigenvalue weighted by molar-refractivity contribution is 9.11. The summed E-state index contributed by atoms with van der Waals surface area (Å²) in [4.78, 5) is 0. The molecule has 0 aliphatic rings. The molecule has 90 valence electrons. The van der Waals surface area contributed by atoms with Gasteiger partial charge in [0.1, 0.15) is 12.4 Å². The maximum absolute atomic E-state index is 5.47. The molecule has 17 heavy (non-hydrogen) atoms. The highest BCUT2D eigenvalue weighted by Crippen LogP contribution is 2.23. The second-order valence-corrected chi connectivity index (χ2v) is 5.40. The van der Waals surface area contributed by atoms with Crippen LogP contribution in [0.2, 0.25) is 0 Å². The van der Waals surface area contributed by atoms with E-state index >= 15 is 0 Å². The second kappa shape index (κ2) is 7.54. The summed E-state index contributed by atoms with van der Waals surface area (Å²) in [6.45, 7) is 5.45. The van der Waals surface area contributed by atoms with Gasteiger partial charge in [-0.15, -0.1) is 6.42 Å². The molecular formula is C13H13Br2NO. The Balaban J connectivity index is 2.69. The average Bonchev–Trinajstić information content (AvgIpc) is 2.27. The standard InChI is InChI=1S/C13H13Br2NO/c1-3-6-17-13-5-4-12(15)7-11(13)9-16-8-10(2)14/h1,4-5,7,16H,2,6,8-9H2. The lowest BCUT2D eigenvalue weighted by Crippen LogP contribution is -2.15. The number of hydrogen-bond acceptors (Lipinski definition) is 2. The third-order valence-electron chi connectivity index (χ3n) is 1.97. The van der Waals surface area contributed by atoms with Gasteiger partial charge in [0.25, 0.3) is 0 Å². The summed E-state index contributed by atoms with van der Waals surface area (Å²) < 4.78 is 7.40. The summed E-state index contributed by atoms with van der Waals surface area (Å²) in [5.74, 6) is 3.26. The Bertz CT molecular complexity index is 438. The van der Waals surface area contributed by atoms with Gasteiger partial charge in [-0.2, -0.15) is 0 Å². The monoisotopic (exact) mass is 357 g/mol. The number of ether oxygens (including phenoxy) is 1. The molecule has 0 saturated heterocycles. The lowest BCUT2D eigenvalue weighted by Gasteiger charge is -2.11. The molecule has 0 radical (unpaired) electrons. The molecule has 0 spiro atoms. The first kappa shape index (κ1) is 14.3. The molecule has 0 bridgehead atoms. The minimum Gasteiger partial charge on any atom is -0.481 e. The molecule has 0 aromatic heterocycles. The van der Waals surface area contributed by atoms with Crippen LogP contribution in [0.1, 0.15) is 5.56 Å². The van der Waals surface area contributed by atoms with Crippen molar-refractivity contribution in [1.82, 2.24) is 5.32 Å². The Labute approximate surface area is 119 Å². The summed E-state index contributed by atoms with van der Waals surface area (Å²) in [5, 5.41) is 3.25. The largest absolute Gasteiger partial charge is 0.481 e. The Kier molecular flexibility index (Phi) is 6.35. The van der Waals surface area contributed by atoms with Gasteiger partial charge in [-0.1, -0.05) is 44.4 Å². The van der Waals surface area contributed by atoms with E-state index in [1.54, 1.807) is 0 Å². The molecule has 1 aromatic carbocycles. The van der Waals surface area contributed by atoms with Crippen LogP contribution in [-0.2, 0) is 6.54 Å². The quantitative estimate of drug-likeness (QED) is 0.786. The molecule has 0 unspecified atom stereocenters. The zero-order valence-electron chi connectivity index (χ0n) is 9.30. The van der Waals surface area contributed by atoms with E-state index in [2.05, 4.69) is 49.7 Å². The topological polar surface area (TPSA) is 21.3 Å². The van der Waals surface area contributed by atoms with Crippen LogP contribution in [0.5, 0.6) is 5.75 Å². The Morgan fingerprint density at radius 3 is 2.94 bits per heavy atom. The van der Waals surface area contributed by atoms with Gasteiger partial charge >= 0.3 is 0 Å². The number of halogens is 2. The molecule has 1 aromatic rings. The summed E-state index contributed by atoms with van der Waals surface area (Å²) in [5.41, 5.74) is 1.06. The summed E-state index contributed by atoms with van der Waals surface area (Å²) in [6, 6.07) is 5.84. The molecule has 0 saturated carbocycles. The number of hydrogen-bond donors (Lipinski definition) is 1. The molecule has 0 atom stereocenters. The highest BCUT2D eigenvalue weighted by Gasteiger charge is 2.04. The van der Waals surface area contributed by atoms with Crippen molar-refractivity contribution >= 4 is 31.9 Å². The van der Waals surface area contributed by atoms with Gasteiger partial charge in [0.2, 0.25) is 0 Å². The van der Waals surface area contributed by atoms with Crippen LogP contribution in [0.15, 0.2) is 33.7 Å². The van der Waals surface area contributed by atoms with Gasteiger partial charge < -0.3 is 10.1 Å². The zero-order valence-corrected chi connectivity index (χ0v) is 12.5. The summed E-state index contributed by atoms with van der Waals surface area (Å²) in [6.07, 6.45) is 5.18.